The van der Waals surface area contributed by atoms with Gasteiger partial charge in [0.25, 0.3) is 0 Å². The third kappa shape index (κ3) is 4.74. The Morgan fingerprint density at radius 1 is 1.04 bits per heavy atom. The number of methoxy groups -OCH3 is 1. The van der Waals surface area contributed by atoms with Gasteiger partial charge in [-0.15, -0.1) is 11.8 Å². The van der Waals surface area contributed by atoms with Gasteiger partial charge in [-0.2, -0.15) is 5.26 Å². The number of thioether (sulfide) groups is 1. The van der Waals surface area contributed by atoms with Crippen LogP contribution in [-0.2, 0) is 0 Å². The minimum atomic E-state index is 0.622. The Labute approximate surface area is 171 Å². The summed E-state index contributed by atoms with van der Waals surface area (Å²) in [5.41, 5.74) is 4.48. The van der Waals surface area contributed by atoms with Gasteiger partial charge in [-0.05, 0) is 54.0 Å². The number of nitrogens with zero attached hydrogens (tertiary/aromatic N) is 2. The average Bonchev–Trinajstić information content (AvgIpc) is 2.73. The van der Waals surface area contributed by atoms with Crippen molar-refractivity contribution >= 4 is 11.8 Å². The van der Waals surface area contributed by atoms with Crippen LogP contribution in [0.4, 0.5) is 0 Å². The van der Waals surface area contributed by atoms with E-state index in [-0.39, 0.29) is 0 Å². The van der Waals surface area contributed by atoms with Gasteiger partial charge in [0.2, 0.25) is 0 Å². The number of hydrogen-bond donors (Lipinski definition) is 0. The largest absolute Gasteiger partial charge is 0.497 e. The Morgan fingerprint density at radius 3 is 2.36 bits per heavy atom. The van der Waals surface area contributed by atoms with Crippen LogP contribution in [0.25, 0.3) is 22.4 Å². The van der Waals surface area contributed by atoms with Gasteiger partial charge in [0.15, 0.2) is 0 Å². The van der Waals surface area contributed by atoms with E-state index in [4.69, 9.17) is 9.72 Å². The van der Waals surface area contributed by atoms with Crippen LogP contribution in [0.1, 0.15) is 25.8 Å². The zero-order valence-corrected chi connectivity index (χ0v) is 17.3. The van der Waals surface area contributed by atoms with Crippen LogP contribution in [0.2, 0.25) is 0 Å². The van der Waals surface area contributed by atoms with Crippen LogP contribution >= 0.6 is 11.8 Å². The van der Waals surface area contributed by atoms with E-state index >= 15 is 0 Å². The van der Waals surface area contributed by atoms with Crippen molar-refractivity contribution in [2.45, 2.75) is 25.3 Å². The van der Waals surface area contributed by atoms with Crippen LogP contribution in [0.5, 0.6) is 5.75 Å². The van der Waals surface area contributed by atoms with E-state index in [2.05, 4.69) is 19.9 Å². The lowest BCUT2D eigenvalue weighted by atomic mass is 9.99. The van der Waals surface area contributed by atoms with Gasteiger partial charge in [0.1, 0.15) is 16.8 Å². The van der Waals surface area contributed by atoms with Crippen LogP contribution in [0.3, 0.4) is 0 Å². The molecule has 0 fully saturated rings. The lowest BCUT2D eigenvalue weighted by Gasteiger charge is -2.13. The molecule has 1 aromatic heterocycles. The molecule has 0 bridgehead atoms. The fourth-order valence-corrected chi connectivity index (χ4v) is 4.13. The molecular weight excluding hydrogens is 364 g/mol. The first-order valence-corrected chi connectivity index (χ1v) is 10.4. The van der Waals surface area contributed by atoms with Gasteiger partial charge in [-0.3, -0.25) is 0 Å². The summed E-state index contributed by atoms with van der Waals surface area (Å²) in [5, 5.41) is 10.7. The monoisotopic (exact) mass is 388 g/mol. The Hall–Kier alpha value is -2.77. The molecule has 0 spiro atoms. The maximum atomic E-state index is 9.88. The van der Waals surface area contributed by atoms with Gasteiger partial charge >= 0.3 is 0 Å². The highest BCUT2D eigenvalue weighted by molar-refractivity contribution is 7.99. The van der Waals surface area contributed by atoms with Crippen molar-refractivity contribution < 1.29 is 4.74 Å². The van der Waals surface area contributed by atoms with Crippen LogP contribution in [0, 0.1) is 17.2 Å². The van der Waals surface area contributed by atoms with Gasteiger partial charge in [-0.1, -0.05) is 44.2 Å². The van der Waals surface area contributed by atoms with E-state index in [1.165, 1.54) is 0 Å². The second kappa shape index (κ2) is 9.43. The molecule has 0 N–H and O–H groups in total. The summed E-state index contributed by atoms with van der Waals surface area (Å²) < 4.78 is 5.27. The number of aromatic nitrogens is 1. The van der Waals surface area contributed by atoms with Crippen molar-refractivity contribution in [2.75, 3.05) is 12.9 Å². The second-order valence-electron chi connectivity index (χ2n) is 6.97. The molecule has 3 rings (SSSR count). The Bertz CT molecular complexity index is 960. The molecule has 142 valence electrons. The molecule has 0 aliphatic carbocycles. The molecule has 0 unspecified atom stereocenters. The summed E-state index contributed by atoms with van der Waals surface area (Å²) in [6, 6.07) is 22.3. The summed E-state index contributed by atoms with van der Waals surface area (Å²) in [4.78, 5) is 4.85. The fourth-order valence-electron chi connectivity index (χ4n) is 2.88. The summed E-state index contributed by atoms with van der Waals surface area (Å²) in [7, 11) is 1.66. The molecule has 2 aromatic carbocycles. The zero-order chi connectivity index (χ0) is 19.9. The number of ether oxygens (including phenoxy) is 1. The predicted octanol–water partition coefficient (Wildman–Crippen LogP) is 6.43. The first kappa shape index (κ1) is 20.0. The van der Waals surface area contributed by atoms with E-state index < -0.39 is 0 Å². The minimum Gasteiger partial charge on any atom is -0.497 e. The molecule has 0 radical (unpaired) electrons. The molecular formula is C24H24N2OS. The Morgan fingerprint density at radius 2 is 1.75 bits per heavy atom. The van der Waals surface area contributed by atoms with Gasteiger partial charge in [0, 0.05) is 11.1 Å². The molecule has 4 heteroatoms. The third-order valence-corrected chi connectivity index (χ3v) is 5.51. The lowest BCUT2D eigenvalue weighted by Crippen LogP contribution is -1.97. The minimum absolute atomic E-state index is 0.622. The van der Waals surface area contributed by atoms with Crippen molar-refractivity contribution in [1.29, 1.82) is 5.26 Å². The van der Waals surface area contributed by atoms with Gasteiger partial charge < -0.3 is 4.74 Å². The number of hydrogen-bond acceptors (Lipinski definition) is 4. The Balaban J connectivity index is 2.10. The number of rotatable bonds is 7. The van der Waals surface area contributed by atoms with Crippen LogP contribution in [0.15, 0.2) is 65.7 Å². The average molecular weight is 389 g/mol. The molecule has 28 heavy (non-hydrogen) atoms. The Kier molecular flexibility index (Phi) is 6.73. The molecule has 3 aromatic rings. The molecule has 1 heterocycles. The maximum Gasteiger partial charge on any atom is 0.118 e. The SMILES string of the molecule is COc1ccc(-c2cc(-c3ccccc3)c(C#N)c(SCCC(C)C)n2)cc1. The zero-order valence-electron chi connectivity index (χ0n) is 16.5. The topological polar surface area (TPSA) is 45.9 Å². The fraction of sp³-hybridized carbons (Fsp3) is 0.250. The summed E-state index contributed by atoms with van der Waals surface area (Å²) >= 11 is 1.67. The highest BCUT2D eigenvalue weighted by Crippen LogP contribution is 2.35. The van der Waals surface area contributed by atoms with Crippen molar-refractivity contribution in [3.63, 3.8) is 0 Å². The molecule has 0 aliphatic heterocycles. The van der Waals surface area contributed by atoms with Crippen molar-refractivity contribution in [3.8, 4) is 34.2 Å². The van der Waals surface area contributed by atoms with E-state index in [1.54, 1.807) is 18.9 Å². The molecule has 3 nitrogen and oxygen atoms in total. The first-order valence-electron chi connectivity index (χ1n) is 9.40. The number of benzene rings is 2. The van der Waals surface area contributed by atoms with E-state index in [0.717, 1.165) is 45.3 Å². The van der Waals surface area contributed by atoms with Gasteiger partial charge in [-0.25, -0.2) is 4.98 Å². The highest BCUT2D eigenvalue weighted by Gasteiger charge is 2.16. The smallest absolute Gasteiger partial charge is 0.118 e. The third-order valence-electron chi connectivity index (χ3n) is 4.50. The van der Waals surface area contributed by atoms with E-state index in [1.807, 2.05) is 60.7 Å². The number of pyridine rings is 1. The summed E-state index contributed by atoms with van der Waals surface area (Å²) in [5.74, 6) is 2.38. The first-order chi connectivity index (χ1) is 13.6. The van der Waals surface area contributed by atoms with Crippen LogP contribution < -0.4 is 4.74 Å². The van der Waals surface area contributed by atoms with Crippen molar-refractivity contribution in [3.05, 3.63) is 66.2 Å². The quantitative estimate of drug-likeness (QED) is 0.437. The van der Waals surface area contributed by atoms with E-state index in [9.17, 15) is 5.26 Å². The van der Waals surface area contributed by atoms with Crippen molar-refractivity contribution in [2.24, 2.45) is 5.92 Å². The summed E-state index contributed by atoms with van der Waals surface area (Å²) in [6.07, 6.45) is 1.09. The molecule has 0 amide bonds. The molecule has 0 saturated heterocycles. The standard InChI is InChI=1S/C24H24N2OS/c1-17(2)13-14-28-24-22(16-25)21(18-7-5-4-6-8-18)15-23(26-24)19-9-11-20(27-3)12-10-19/h4-12,15,17H,13-14H2,1-3H3. The molecule has 0 atom stereocenters. The lowest BCUT2D eigenvalue weighted by molar-refractivity contribution is 0.415. The van der Waals surface area contributed by atoms with E-state index in [0.29, 0.717) is 11.5 Å². The van der Waals surface area contributed by atoms with Crippen molar-refractivity contribution in [1.82, 2.24) is 4.98 Å². The second-order valence-corrected chi connectivity index (χ2v) is 8.06. The summed E-state index contributed by atoms with van der Waals surface area (Å²) in [6.45, 7) is 4.42. The van der Waals surface area contributed by atoms with Crippen LogP contribution in [-0.4, -0.2) is 17.8 Å². The normalized spacial score (nSPS) is 10.7. The van der Waals surface area contributed by atoms with Gasteiger partial charge in [0.05, 0.1) is 18.4 Å². The molecule has 0 saturated carbocycles. The predicted molar refractivity (Wildman–Crippen MR) is 117 cm³/mol. The molecule has 0 aliphatic rings. The highest BCUT2D eigenvalue weighted by atomic mass is 32.2. The maximum absolute atomic E-state index is 9.88. The number of nitriles is 1.